The van der Waals surface area contributed by atoms with E-state index in [0.717, 1.165) is 12.2 Å². The van der Waals surface area contributed by atoms with Crippen molar-refractivity contribution >= 4 is 11.6 Å². The van der Waals surface area contributed by atoms with Gasteiger partial charge in [-0.05, 0) is 38.6 Å². The summed E-state index contributed by atoms with van der Waals surface area (Å²) in [5, 5.41) is 8.26. The lowest BCUT2D eigenvalue weighted by atomic mass is 10.0. The number of benzene rings is 1. The van der Waals surface area contributed by atoms with E-state index in [1.165, 1.54) is 6.07 Å². The Bertz CT molecular complexity index is 595. The molecule has 1 aromatic heterocycles. The van der Waals surface area contributed by atoms with Gasteiger partial charge in [0.1, 0.15) is 5.82 Å². The first kappa shape index (κ1) is 16.0. The Labute approximate surface area is 130 Å². The number of hydrogen-bond donors (Lipinski definition) is 1. The quantitative estimate of drug-likeness (QED) is 0.868. The van der Waals surface area contributed by atoms with Crippen LogP contribution in [-0.4, -0.2) is 16.3 Å². The highest BCUT2D eigenvalue weighted by Crippen LogP contribution is 2.23. The van der Waals surface area contributed by atoms with Crippen molar-refractivity contribution in [2.45, 2.75) is 39.3 Å². The zero-order chi connectivity index (χ0) is 15.4. The second-order valence-electron chi connectivity index (χ2n) is 5.36. The molecule has 1 heterocycles. The minimum Gasteiger partial charge on any atom is -0.310 e. The van der Waals surface area contributed by atoms with E-state index in [0.29, 0.717) is 23.0 Å². The number of hydrogen-bond acceptors (Lipinski definition) is 2. The summed E-state index contributed by atoms with van der Waals surface area (Å²) >= 11 is 5.82. The summed E-state index contributed by atoms with van der Waals surface area (Å²) in [5.74, 6) is -0.281. The van der Waals surface area contributed by atoms with E-state index < -0.39 is 0 Å². The summed E-state index contributed by atoms with van der Waals surface area (Å²) in [6, 6.07) is 7.01. The normalized spacial score (nSPS) is 12.9. The number of aromatic nitrogens is 2. The molecule has 114 valence electrons. The summed E-state index contributed by atoms with van der Waals surface area (Å²) in [4.78, 5) is 0. The van der Waals surface area contributed by atoms with Crippen LogP contribution in [0.2, 0.25) is 5.02 Å². The maximum absolute atomic E-state index is 14.1. The molecule has 2 aromatic rings. The molecule has 0 aliphatic carbocycles. The Hall–Kier alpha value is -1.39. The Balaban J connectivity index is 2.21. The highest BCUT2D eigenvalue weighted by atomic mass is 35.5. The van der Waals surface area contributed by atoms with E-state index in [2.05, 4.69) is 24.3 Å². The summed E-state index contributed by atoms with van der Waals surface area (Å²) in [6.45, 7) is 6.93. The van der Waals surface area contributed by atoms with Gasteiger partial charge in [0.2, 0.25) is 0 Å². The van der Waals surface area contributed by atoms with Crippen molar-refractivity contribution in [1.82, 2.24) is 15.1 Å². The maximum Gasteiger partial charge on any atom is 0.129 e. The van der Waals surface area contributed by atoms with Gasteiger partial charge < -0.3 is 5.32 Å². The Kier molecular flexibility index (Phi) is 5.37. The zero-order valence-electron chi connectivity index (χ0n) is 12.6. The molecule has 2 rings (SSSR count). The van der Waals surface area contributed by atoms with Gasteiger partial charge in [0, 0.05) is 35.3 Å². The van der Waals surface area contributed by atoms with Crippen LogP contribution >= 0.6 is 11.6 Å². The highest BCUT2D eigenvalue weighted by Gasteiger charge is 2.17. The lowest BCUT2D eigenvalue weighted by molar-refractivity contribution is 0.490. The van der Waals surface area contributed by atoms with Gasteiger partial charge in [0.25, 0.3) is 0 Å². The molecule has 0 fully saturated rings. The third kappa shape index (κ3) is 4.05. The molecule has 3 nitrogen and oxygen atoms in total. The number of nitrogens with zero attached hydrogens (tertiary/aromatic N) is 2. The largest absolute Gasteiger partial charge is 0.310 e. The lowest BCUT2D eigenvalue weighted by Gasteiger charge is -2.18. The molecular weight excluding hydrogens is 289 g/mol. The van der Waals surface area contributed by atoms with E-state index in [9.17, 15) is 4.39 Å². The van der Waals surface area contributed by atoms with Crippen molar-refractivity contribution < 1.29 is 4.39 Å². The third-order valence-electron chi connectivity index (χ3n) is 3.39. The van der Waals surface area contributed by atoms with Crippen molar-refractivity contribution in [3.05, 3.63) is 52.6 Å². The van der Waals surface area contributed by atoms with E-state index >= 15 is 0 Å². The van der Waals surface area contributed by atoms with Crippen molar-refractivity contribution in [1.29, 1.82) is 0 Å². The average molecular weight is 310 g/mol. The molecule has 0 amide bonds. The van der Waals surface area contributed by atoms with Crippen LogP contribution in [-0.2, 0) is 6.42 Å². The summed E-state index contributed by atoms with van der Waals surface area (Å²) in [6.07, 6.45) is 2.60. The van der Waals surface area contributed by atoms with E-state index in [1.54, 1.807) is 12.1 Å². The molecule has 0 saturated carbocycles. The monoisotopic (exact) mass is 309 g/mol. The lowest BCUT2D eigenvalue weighted by Crippen LogP contribution is -2.24. The van der Waals surface area contributed by atoms with Crippen molar-refractivity contribution in [3.63, 3.8) is 0 Å². The molecule has 0 saturated heterocycles. The number of nitrogens with one attached hydrogen (secondary N) is 1. The molecule has 1 unspecified atom stereocenters. The van der Waals surface area contributed by atoms with Gasteiger partial charge in [0.05, 0.1) is 5.69 Å². The minimum atomic E-state index is -0.281. The first-order valence-corrected chi connectivity index (χ1v) is 7.61. The number of rotatable bonds is 6. The molecule has 1 atom stereocenters. The predicted molar refractivity (Wildman–Crippen MR) is 84.1 cm³/mol. The van der Waals surface area contributed by atoms with Crippen LogP contribution in [0.3, 0.4) is 0 Å². The van der Waals surface area contributed by atoms with Crippen molar-refractivity contribution in [2.24, 2.45) is 0 Å². The highest BCUT2D eigenvalue weighted by molar-refractivity contribution is 6.30. The zero-order valence-corrected chi connectivity index (χ0v) is 13.4. The second kappa shape index (κ2) is 7.05. The summed E-state index contributed by atoms with van der Waals surface area (Å²) in [5.41, 5.74) is 1.57. The third-order valence-corrected chi connectivity index (χ3v) is 3.63. The average Bonchev–Trinajstić information content (AvgIpc) is 2.87. The predicted octanol–water partition coefficient (Wildman–Crippen LogP) is 4.15. The first-order valence-electron chi connectivity index (χ1n) is 7.23. The van der Waals surface area contributed by atoms with Crippen LogP contribution < -0.4 is 5.32 Å². The molecule has 5 heteroatoms. The number of halogens is 2. The van der Waals surface area contributed by atoms with Gasteiger partial charge in [-0.25, -0.2) is 4.39 Å². The first-order chi connectivity index (χ1) is 10.0. The smallest absolute Gasteiger partial charge is 0.129 e. The fourth-order valence-electron chi connectivity index (χ4n) is 2.31. The van der Waals surface area contributed by atoms with Gasteiger partial charge in [-0.2, -0.15) is 5.10 Å². The van der Waals surface area contributed by atoms with Gasteiger partial charge in [-0.3, -0.25) is 4.68 Å². The number of likely N-dealkylation sites (N-methyl/N-ethyl adjacent to an activating group) is 1. The Morgan fingerprint density at radius 1 is 1.33 bits per heavy atom. The second-order valence-corrected chi connectivity index (χ2v) is 5.80. The van der Waals surface area contributed by atoms with Gasteiger partial charge in [-0.1, -0.05) is 24.6 Å². The van der Waals surface area contributed by atoms with Crippen LogP contribution in [0.4, 0.5) is 4.39 Å². The molecule has 1 N–H and O–H groups in total. The molecule has 0 spiro atoms. The van der Waals surface area contributed by atoms with Gasteiger partial charge >= 0.3 is 0 Å². The Morgan fingerprint density at radius 2 is 2.10 bits per heavy atom. The molecule has 21 heavy (non-hydrogen) atoms. The van der Waals surface area contributed by atoms with Crippen LogP contribution in [0.25, 0.3) is 0 Å². The molecular formula is C16H21ClFN3. The fraction of sp³-hybridized carbons (Fsp3) is 0.438. The van der Waals surface area contributed by atoms with Gasteiger partial charge in [0.15, 0.2) is 0 Å². The maximum atomic E-state index is 14.1. The van der Waals surface area contributed by atoms with Crippen molar-refractivity contribution in [3.8, 4) is 0 Å². The topological polar surface area (TPSA) is 29.9 Å². The van der Waals surface area contributed by atoms with Crippen LogP contribution in [0, 0.1) is 5.82 Å². The minimum absolute atomic E-state index is 0.109. The van der Waals surface area contributed by atoms with Gasteiger partial charge in [-0.15, -0.1) is 0 Å². The molecule has 0 radical (unpaired) electrons. The van der Waals surface area contributed by atoms with Crippen molar-refractivity contribution in [2.75, 3.05) is 6.54 Å². The van der Waals surface area contributed by atoms with Crippen LogP contribution in [0.5, 0.6) is 0 Å². The molecule has 1 aromatic carbocycles. The summed E-state index contributed by atoms with van der Waals surface area (Å²) < 4.78 is 16.0. The SMILES string of the molecule is CCNC(Cc1ccn(C(C)C)n1)c1ccc(Cl)cc1F. The Morgan fingerprint density at radius 3 is 2.67 bits per heavy atom. The van der Waals surface area contributed by atoms with E-state index in [1.807, 2.05) is 23.9 Å². The molecule has 0 bridgehead atoms. The molecule has 0 aliphatic heterocycles. The molecule has 0 aliphatic rings. The van der Waals surface area contributed by atoms with Crippen LogP contribution in [0.15, 0.2) is 30.5 Å². The van der Waals surface area contributed by atoms with E-state index in [-0.39, 0.29) is 11.9 Å². The summed E-state index contributed by atoms with van der Waals surface area (Å²) in [7, 11) is 0. The van der Waals surface area contributed by atoms with Crippen LogP contribution in [0.1, 0.15) is 44.1 Å². The fourth-order valence-corrected chi connectivity index (χ4v) is 2.46. The standard InChI is InChI=1S/C16H21ClFN3/c1-4-19-16(14-6-5-12(17)9-15(14)18)10-13-7-8-21(20-13)11(2)3/h5-9,11,16,19H,4,10H2,1-3H3. The van der Waals surface area contributed by atoms with E-state index in [4.69, 9.17) is 11.6 Å².